The summed E-state index contributed by atoms with van der Waals surface area (Å²) >= 11 is 0. The van der Waals surface area contributed by atoms with Gasteiger partial charge in [-0.15, -0.1) is 0 Å². The van der Waals surface area contributed by atoms with Crippen molar-refractivity contribution < 1.29 is 9.52 Å². The maximum absolute atomic E-state index is 11.3. The predicted molar refractivity (Wildman–Crippen MR) is 60.4 cm³/mol. The van der Waals surface area contributed by atoms with E-state index in [9.17, 15) is 5.11 Å². The predicted octanol–water partition coefficient (Wildman–Crippen LogP) is 2.00. The number of hydrogen-bond acceptors (Lipinski definition) is 3. The molecule has 0 saturated carbocycles. The van der Waals surface area contributed by atoms with Crippen LogP contribution in [-0.4, -0.2) is 6.54 Å². The first-order chi connectivity index (χ1) is 7.61. The van der Waals surface area contributed by atoms with Crippen molar-refractivity contribution in [2.45, 2.75) is 20.8 Å². The van der Waals surface area contributed by atoms with Gasteiger partial charge < -0.3 is 9.52 Å². The third kappa shape index (κ3) is 1.81. The Balaban J connectivity index is 2.82. The Labute approximate surface area is 94.4 Å². The molecule has 0 unspecified atom stereocenters. The smallest absolute Gasteiger partial charge is 0.0588 e. The number of rotatable bonds is 1. The minimum atomic E-state index is -0.307. The van der Waals surface area contributed by atoms with E-state index in [1.807, 2.05) is 32.9 Å². The Morgan fingerprint density at radius 1 is 1.19 bits per heavy atom. The highest BCUT2D eigenvalue weighted by atomic mass is 16.5. The van der Waals surface area contributed by atoms with Gasteiger partial charge in [-0.3, -0.25) is 4.99 Å². The third-order valence-corrected chi connectivity index (χ3v) is 2.56. The van der Waals surface area contributed by atoms with Crippen molar-refractivity contribution in [2.75, 3.05) is 6.54 Å². The molecule has 84 valence electrons. The van der Waals surface area contributed by atoms with Crippen LogP contribution in [0.2, 0.25) is 0 Å². The van der Waals surface area contributed by atoms with Gasteiger partial charge in [0, 0.05) is 12.3 Å². The maximum Gasteiger partial charge on any atom is 0.0588 e. The van der Waals surface area contributed by atoms with Gasteiger partial charge in [0.05, 0.1) is 11.3 Å². The van der Waals surface area contributed by atoms with Crippen molar-refractivity contribution in [1.82, 2.24) is 0 Å². The lowest BCUT2D eigenvalue weighted by Crippen LogP contribution is -2.06. The summed E-state index contributed by atoms with van der Waals surface area (Å²) in [6.45, 7) is 6.62. The van der Waals surface area contributed by atoms with Crippen molar-refractivity contribution in [3.05, 3.63) is 34.7 Å². The molecule has 0 N–H and O–H groups in total. The molecule has 3 nitrogen and oxygen atoms in total. The second-order valence-corrected chi connectivity index (χ2v) is 3.86. The summed E-state index contributed by atoms with van der Waals surface area (Å²) in [7, 11) is 0. The highest BCUT2D eigenvalue weighted by Gasteiger charge is 2.07. The minimum Gasteiger partial charge on any atom is -0.579 e. The minimum absolute atomic E-state index is 0.307. The molecule has 0 aromatic carbocycles. The van der Waals surface area contributed by atoms with Gasteiger partial charge >= 0.3 is 0 Å². The molecule has 16 heavy (non-hydrogen) atoms. The van der Waals surface area contributed by atoms with Crippen LogP contribution in [0.3, 0.4) is 0 Å². The van der Waals surface area contributed by atoms with E-state index in [1.165, 1.54) is 6.07 Å². The van der Waals surface area contributed by atoms with Gasteiger partial charge in [0.1, 0.15) is 0 Å². The lowest BCUT2D eigenvalue weighted by molar-refractivity contribution is -0.294. The van der Waals surface area contributed by atoms with Crippen LogP contribution < -0.4 is 10.5 Å². The van der Waals surface area contributed by atoms with Crippen LogP contribution in [0.1, 0.15) is 18.1 Å². The summed E-state index contributed by atoms with van der Waals surface area (Å²) in [6.07, 6.45) is 0. The lowest BCUT2D eigenvalue weighted by atomic mass is 10.00. The van der Waals surface area contributed by atoms with Gasteiger partial charge in [0.2, 0.25) is 0 Å². The van der Waals surface area contributed by atoms with Crippen molar-refractivity contribution in [3.8, 4) is 17.3 Å². The van der Waals surface area contributed by atoms with Crippen LogP contribution in [-0.2, 0) is 0 Å². The number of aryl methyl sites for hydroxylation is 2. The van der Waals surface area contributed by atoms with E-state index in [0.717, 1.165) is 28.6 Å². The average molecular weight is 216 g/mol. The molecule has 0 aromatic heterocycles. The van der Waals surface area contributed by atoms with Gasteiger partial charge in [-0.05, 0) is 55.7 Å². The van der Waals surface area contributed by atoms with Gasteiger partial charge in [0.25, 0.3) is 0 Å². The van der Waals surface area contributed by atoms with E-state index in [4.69, 9.17) is 4.42 Å². The first-order valence-electron chi connectivity index (χ1n) is 5.34. The highest BCUT2D eigenvalue weighted by molar-refractivity contribution is 5.67. The van der Waals surface area contributed by atoms with Crippen LogP contribution in [0, 0.1) is 13.8 Å². The Morgan fingerprint density at radius 3 is 2.56 bits per heavy atom. The molecule has 0 spiro atoms. The van der Waals surface area contributed by atoms with Crippen molar-refractivity contribution in [1.29, 1.82) is 0 Å². The highest BCUT2D eigenvalue weighted by Crippen LogP contribution is 2.30. The molecule has 0 fully saturated rings. The fourth-order valence-electron chi connectivity index (χ4n) is 1.98. The zero-order valence-corrected chi connectivity index (χ0v) is 9.70. The molecule has 1 heterocycles. The van der Waals surface area contributed by atoms with E-state index in [1.54, 1.807) is 0 Å². The molecule has 1 aliphatic heterocycles. The fraction of sp³-hybridized carbons (Fsp3) is 0.308. The van der Waals surface area contributed by atoms with Crippen molar-refractivity contribution in [3.63, 3.8) is 0 Å². The monoisotopic (exact) mass is 216 g/mol. The number of benzene rings is 1. The van der Waals surface area contributed by atoms with Gasteiger partial charge in [0.15, 0.2) is 0 Å². The summed E-state index contributed by atoms with van der Waals surface area (Å²) in [6, 6.07) is 5.35. The summed E-state index contributed by atoms with van der Waals surface area (Å²) in [5, 5.41) is 12.1. The topological polar surface area (TPSA) is 48.6 Å². The SMILES string of the molecule is CCN=c1cc2oc([O-])cc(C)c-2c(C)c1. The largest absolute Gasteiger partial charge is 0.579 e. The van der Waals surface area contributed by atoms with Gasteiger partial charge in [-0.25, -0.2) is 0 Å². The first-order valence-corrected chi connectivity index (χ1v) is 5.34. The van der Waals surface area contributed by atoms with Crippen LogP contribution in [0.15, 0.2) is 27.6 Å². The van der Waals surface area contributed by atoms with Crippen LogP contribution in [0.4, 0.5) is 0 Å². The van der Waals surface area contributed by atoms with Crippen LogP contribution >= 0.6 is 0 Å². The zero-order chi connectivity index (χ0) is 11.7. The second-order valence-electron chi connectivity index (χ2n) is 3.86. The summed E-state index contributed by atoms with van der Waals surface area (Å²) in [5.41, 5.74) is 3.05. The Kier molecular flexibility index (Phi) is 2.69. The molecular weight excluding hydrogens is 202 g/mol. The second kappa shape index (κ2) is 4.00. The van der Waals surface area contributed by atoms with Crippen LogP contribution in [0.5, 0.6) is 5.95 Å². The Hall–Kier alpha value is -1.77. The van der Waals surface area contributed by atoms with E-state index >= 15 is 0 Å². The molecule has 0 amide bonds. The Bertz CT molecular complexity index is 555. The molecule has 2 aliphatic rings. The third-order valence-electron chi connectivity index (χ3n) is 2.56. The van der Waals surface area contributed by atoms with E-state index in [2.05, 4.69) is 4.99 Å². The molecule has 0 saturated heterocycles. The molecular formula is C13H14NO2-. The molecule has 0 atom stereocenters. The molecule has 0 aromatic rings. The molecule has 1 aliphatic carbocycles. The molecule has 2 rings (SSSR count). The van der Waals surface area contributed by atoms with E-state index in [0.29, 0.717) is 5.76 Å². The molecule has 0 radical (unpaired) electrons. The summed E-state index contributed by atoms with van der Waals surface area (Å²) in [5.74, 6) is 0.315. The average Bonchev–Trinajstić information content (AvgIpc) is 2.15. The zero-order valence-electron chi connectivity index (χ0n) is 9.70. The van der Waals surface area contributed by atoms with Crippen molar-refractivity contribution in [2.24, 2.45) is 4.99 Å². The van der Waals surface area contributed by atoms with Crippen LogP contribution in [0.25, 0.3) is 11.3 Å². The van der Waals surface area contributed by atoms with E-state index in [-0.39, 0.29) is 5.95 Å². The van der Waals surface area contributed by atoms with Crippen molar-refractivity contribution >= 4 is 0 Å². The quantitative estimate of drug-likeness (QED) is 0.732. The Morgan fingerprint density at radius 2 is 1.88 bits per heavy atom. The standard InChI is InChI=1S/C13H15NO2/c1-4-14-10-5-8(2)13-9(3)6-12(15)16-11(13)7-10/h5-7,15H,4H2,1-3H3/p-1. The maximum atomic E-state index is 11.3. The fourth-order valence-corrected chi connectivity index (χ4v) is 1.98. The lowest BCUT2D eigenvalue weighted by Gasteiger charge is -2.17. The van der Waals surface area contributed by atoms with E-state index < -0.39 is 0 Å². The normalized spacial score (nSPS) is 12.3. The summed E-state index contributed by atoms with van der Waals surface area (Å²) in [4.78, 5) is 4.31. The number of fused-ring (bicyclic) bond motifs is 1. The molecule has 0 bridgehead atoms. The van der Waals surface area contributed by atoms with Gasteiger partial charge in [-0.2, -0.15) is 0 Å². The first kappa shape index (κ1) is 10.7. The summed E-state index contributed by atoms with van der Waals surface area (Å²) < 4.78 is 5.19. The number of nitrogens with zero attached hydrogens (tertiary/aromatic N) is 1. The van der Waals surface area contributed by atoms with Gasteiger partial charge in [-0.1, -0.05) is 0 Å². The number of hydrogen-bond donors (Lipinski definition) is 0. The molecule has 3 heteroatoms.